The highest BCUT2D eigenvalue weighted by Gasteiger charge is 2.24. The smallest absolute Gasteiger partial charge is 0.0972 e. The highest BCUT2D eigenvalue weighted by molar-refractivity contribution is 6.19. The fourth-order valence-corrected chi connectivity index (χ4v) is 22.3. The Morgan fingerprint density at radius 2 is 0.407 bits per heavy atom. The first kappa shape index (κ1) is 87.6. The van der Waals surface area contributed by atoms with E-state index in [4.69, 9.17) is 29.9 Å². The van der Waals surface area contributed by atoms with Gasteiger partial charge in [0, 0.05) is 110 Å². The molecule has 698 valence electrons. The van der Waals surface area contributed by atoms with Crippen LogP contribution in [0, 0.1) is 0 Å². The van der Waals surface area contributed by atoms with Gasteiger partial charge in [-0.3, -0.25) is 4.98 Å². The van der Waals surface area contributed by atoms with Gasteiger partial charge in [0.15, 0.2) is 0 Å². The standard InChI is InChI=1S/C61H39N3.C43H27N3.C37H23N3/c1-2-15-42(16-3-1)54-39-56(62-55-34-33-43-17-4-5-20-49(43)61(54)55)45-19-14-18-44(35-45)40-29-31-41(32-30-40)46-36-47(63-57-25-10-6-21-50(57)51-22-7-11-26-58(51)63)38-48(37-46)64-59-27-12-8-23-52(59)53-24-9-13-28-60(53)64;1-3-10-30(11-4-1)37-24-22-33-19-20-34-23-25-38(46-43(34)42(33)45-37)32-17-15-29(16-18-32)36-27-40(31-12-5-2-6-13-31)44-39-26-21-28-9-7-8-14-35(28)41(36)39;1-2-8-26(9-3-1)34-23-31(35-30-11-5-4-7-24(30)18-21-33(35)39-34)25-12-14-27(15-13-25)32-20-19-29-17-16-28-10-6-22-38-36(28)37(29)40-32/h1-39H;1-27H;1-23H. The number of hydrogen-bond acceptors (Lipinski definition) is 7. The second-order valence-electron chi connectivity index (χ2n) is 38.5. The number of pyridine rings is 7. The highest BCUT2D eigenvalue weighted by atomic mass is 15.0. The summed E-state index contributed by atoms with van der Waals surface area (Å²) < 4.78 is 4.86. The molecule has 150 heavy (non-hydrogen) atoms. The first-order valence-corrected chi connectivity index (χ1v) is 50.9. The van der Waals surface area contributed by atoms with Crippen molar-refractivity contribution in [2.45, 2.75) is 0 Å². The zero-order valence-electron chi connectivity index (χ0n) is 81.4. The summed E-state index contributed by atoms with van der Waals surface area (Å²) in [5.41, 5.74) is 37.5. The molecule has 9 heterocycles. The van der Waals surface area contributed by atoms with E-state index in [1.165, 1.54) is 114 Å². The second-order valence-corrected chi connectivity index (χ2v) is 38.5. The Labute approximate surface area is 864 Å². The molecule has 9 nitrogen and oxygen atoms in total. The van der Waals surface area contributed by atoms with Crippen molar-refractivity contribution in [2.24, 2.45) is 0 Å². The molecule has 0 radical (unpaired) electrons. The van der Waals surface area contributed by atoms with Crippen molar-refractivity contribution in [2.75, 3.05) is 0 Å². The lowest BCUT2D eigenvalue weighted by atomic mass is 9.93. The molecule has 0 saturated heterocycles. The van der Waals surface area contributed by atoms with Gasteiger partial charge in [-0.05, 0) is 197 Å². The van der Waals surface area contributed by atoms with Crippen LogP contribution in [0.5, 0.6) is 0 Å². The normalized spacial score (nSPS) is 11.6. The van der Waals surface area contributed by atoms with Gasteiger partial charge < -0.3 is 9.13 Å². The third kappa shape index (κ3) is 15.9. The minimum absolute atomic E-state index is 0.913. The number of benzene rings is 21. The minimum Gasteiger partial charge on any atom is -0.309 e. The molecule has 21 aromatic carbocycles. The minimum atomic E-state index is 0.913. The van der Waals surface area contributed by atoms with E-state index >= 15 is 0 Å². The first-order chi connectivity index (χ1) is 74.3. The molecule has 0 saturated carbocycles. The maximum Gasteiger partial charge on any atom is 0.0972 e. The fraction of sp³-hybridized carbons (Fsp3) is 0. The van der Waals surface area contributed by atoms with E-state index in [0.717, 1.165) is 172 Å². The van der Waals surface area contributed by atoms with Crippen LogP contribution >= 0.6 is 0 Å². The largest absolute Gasteiger partial charge is 0.309 e. The SMILES string of the molecule is c1ccc(-c2cc(-c3ccc(-c4ccc5ccc6ccc(-c7ccccc7)nc6c5n4)cc3)c3c(ccc4ccccc43)n2)cc1.c1ccc(-c2cc(-c3ccc(-c4ccc5ccc6cccnc6c5n4)cc3)c3c(ccc4ccccc43)n2)cc1.c1ccc(-c2cc(-c3cccc(-c4ccc(-c5cc(-n6c7ccccc7c7ccccc76)cc(-n6c7ccccc7c7ccccc76)c5)cc4)c3)nc3ccc4ccccc4c23)cc1. The van der Waals surface area contributed by atoms with Crippen molar-refractivity contribution < 1.29 is 0 Å². The van der Waals surface area contributed by atoms with Gasteiger partial charge in [-0.25, -0.2) is 29.9 Å². The molecule has 0 aliphatic rings. The van der Waals surface area contributed by atoms with Gasteiger partial charge in [-0.2, -0.15) is 0 Å². The van der Waals surface area contributed by atoms with Crippen molar-refractivity contribution in [3.8, 4) is 135 Å². The van der Waals surface area contributed by atoms with Crippen molar-refractivity contribution in [3.63, 3.8) is 0 Å². The zero-order valence-corrected chi connectivity index (χ0v) is 81.4. The van der Waals surface area contributed by atoms with Crippen LogP contribution in [-0.4, -0.2) is 44.0 Å². The van der Waals surface area contributed by atoms with Gasteiger partial charge in [0.1, 0.15) is 0 Å². The summed E-state index contributed by atoms with van der Waals surface area (Å²) in [6, 6.07) is 190. The Morgan fingerprint density at radius 1 is 0.140 bits per heavy atom. The van der Waals surface area contributed by atoms with E-state index in [1.807, 2.05) is 42.6 Å². The third-order valence-electron chi connectivity index (χ3n) is 29.6. The predicted octanol–water partition coefficient (Wildman–Crippen LogP) is 36.9. The van der Waals surface area contributed by atoms with Crippen LogP contribution in [0.25, 0.3) is 287 Å². The number of hydrogen-bond donors (Lipinski definition) is 0. The summed E-state index contributed by atoms with van der Waals surface area (Å²) >= 11 is 0. The molecule has 30 aromatic rings. The Balaban J connectivity index is 0.000000112. The summed E-state index contributed by atoms with van der Waals surface area (Å²) in [7, 11) is 0. The van der Waals surface area contributed by atoms with E-state index in [0.29, 0.717) is 0 Å². The van der Waals surface area contributed by atoms with Crippen molar-refractivity contribution >= 4 is 152 Å². The average Bonchev–Trinajstić information content (AvgIpc) is 1.53. The van der Waals surface area contributed by atoms with Gasteiger partial charge in [0.05, 0.1) is 94.8 Å². The first-order valence-electron chi connectivity index (χ1n) is 50.9. The monoisotopic (exact) mass is 1910 g/mol. The predicted molar refractivity (Wildman–Crippen MR) is 627 cm³/mol. The number of fused-ring (bicyclic) bond motifs is 21. The Kier molecular flexibility index (Phi) is 21.8. The number of rotatable bonds is 13. The van der Waals surface area contributed by atoms with Crippen LogP contribution in [0.15, 0.2) is 540 Å². The van der Waals surface area contributed by atoms with Gasteiger partial charge in [-0.1, -0.05) is 425 Å². The topological polar surface area (TPSA) is 100 Å². The van der Waals surface area contributed by atoms with Gasteiger partial charge in [-0.15, -0.1) is 0 Å². The molecule has 9 heteroatoms. The van der Waals surface area contributed by atoms with E-state index in [9.17, 15) is 0 Å². The molecule has 0 amide bonds. The van der Waals surface area contributed by atoms with Crippen LogP contribution in [-0.2, 0) is 0 Å². The van der Waals surface area contributed by atoms with Crippen LogP contribution in [0.4, 0.5) is 0 Å². The lowest BCUT2D eigenvalue weighted by Gasteiger charge is -2.16. The molecular weight excluding hydrogens is 1820 g/mol. The molecule has 0 fully saturated rings. The molecule has 0 aliphatic heterocycles. The number of para-hydroxylation sites is 4. The fourth-order valence-electron chi connectivity index (χ4n) is 22.3. The lowest BCUT2D eigenvalue weighted by Crippen LogP contribution is -2.00. The summed E-state index contributed by atoms with van der Waals surface area (Å²) in [5, 5.41) is 20.1. The van der Waals surface area contributed by atoms with E-state index < -0.39 is 0 Å². The summed E-state index contributed by atoms with van der Waals surface area (Å²) in [6.07, 6.45) is 1.83. The molecule has 0 atom stereocenters. The maximum absolute atomic E-state index is 5.30. The Morgan fingerprint density at radius 3 is 0.800 bits per heavy atom. The van der Waals surface area contributed by atoms with Gasteiger partial charge in [0.25, 0.3) is 0 Å². The molecule has 0 unspecified atom stereocenters. The molecule has 0 bridgehead atoms. The molecular formula is C141H89N9. The average molecular weight is 1910 g/mol. The van der Waals surface area contributed by atoms with E-state index in [-0.39, 0.29) is 0 Å². The third-order valence-corrected chi connectivity index (χ3v) is 29.6. The van der Waals surface area contributed by atoms with Gasteiger partial charge >= 0.3 is 0 Å². The molecule has 0 spiro atoms. The summed E-state index contributed by atoms with van der Waals surface area (Å²) in [6.45, 7) is 0. The molecule has 0 N–H and O–H groups in total. The van der Waals surface area contributed by atoms with Crippen LogP contribution in [0.1, 0.15) is 0 Å². The molecule has 30 rings (SSSR count). The summed E-state index contributed by atoms with van der Waals surface area (Å²) in [4.78, 5) is 35.4. The van der Waals surface area contributed by atoms with Crippen LogP contribution in [0.3, 0.4) is 0 Å². The van der Waals surface area contributed by atoms with Crippen molar-refractivity contribution in [1.82, 2.24) is 44.0 Å². The molecule has 9 aromatic heterocycles. The van der Waals surface area contributed by atoms with Crippen LogP contribution in [0.2, 0.25) is 0 Å². The quantitative estimate of drug-likeness (QED) is 0.106. The summed E-state index contributed by atoms with van der Waals surface area (Å²) in [5.74, 6) is 0. The van der Waals surface area contributed by atoms with Crippen molar-refractivity contribution in [3.05, 3.63) is 540 Å². The molecule has 0 aliphatic carbocycles. The van der Waals surface area contributed by atoms with Crippen molar-refractivity contribution in [1.29, 1.82) is 0 Å². The van der Waals surface area contributed by atoms with E-state index in [2.05, 4.69) is 512 Å². The van der Waals surface area contributed by atoms with Crippen LogP contribution < -0.4 is 0 Å². The Bertz CT molecular complexity index is 10300. The number of nitrogens with zero attached hydrogens (tertiary/aromatic N) is 9. The number of aromatic nitrogens is 9. The zero-order chi connectivity index (χ0) is 99.1. The lowest BCUT2D eigenvalue weighted by molar-refractivity contribution is 1.13. The Hall–Kier alpha value is -20.1. The second kappa shape index (κ2) is 37.2. The van der Waals surface area contributed by atoms with E-state index in [1.54, 1.807) is 0 Å². The van der Waals surface area contributed by atoms with Gasteiger partial charge in [0.2, 0.25) is 0 Å². The maximum atomic E-state index is 5.30. The highest BCUT2D eigenvalue weighted by Crippen LogP contribution is 2.46.